The lowest BCUT2D eigenvalue weighted by Gasteiger charge is -2.09. The van der Waals surface area contributed by atoms with Crippen LogP contribution in [-0.2, 0) is 0 Å². The predicted octanol–water partition coefficient (Wildman–Crippen LogP) is 5.45. The Kier molecular flexibility index (Phi) is 5.84. The van der Waals surface area contributed by atoms with Crippen LogP contribution in [0.3, 0.4) is 0 Å². The third kappa shape index (κ3) is 4.55. The Morgan fingerprint density at radius 1 is 1.00 bits per heavy atom. The molecule has 1 N–H and O–H groups in total. The summed E-state index contributed by atoms with van der Waals surface area (Å²) in [6.07, 6.45) is 4.98. The number of aryl methyl sites for hydroxylation is 2. The van der Waals surface area contributed by atoms with Crippen molar-refractivity contribution >= 4 is 22.9 Å². The lowest BCUT2D eigenvalue weighted by atomic mass is 10.2. The molecule has 0 aliphatic heterocycles. The van der Waals surface area contributed by atoms with Crippen molar-refractivity contribution in [3.63, 3.8) is 0 Å². The normalized spacial score (nSPS) is 10.8. The summed E-state index contributed by atoms with van der Waals surface area (Å²) in [5.74, 6) is 2.28. The smallest absolute Gasteiger partial charge is 0.267 e. The summed E-state index contributed by atoms with van der Waals surface area (Å²) >= 11 is 1.38. The van der Waals surface area contributed by atoms with Crippen LogP contribution in [0.2, 0.25) is 0 Å². The molecule has 5 rings (SSSR count). The van der Waals surface area contributed by atoms with Crippen LogP contribution in [0.25, 0.3) is 16.4 Å². The monoisotopic (exact) mass is 468 g/mol. The molecular weight excluding hydrogens is 448 g/mol. The van der Waals surface area contributed by atoms with Gasteiger partial charge in [0.15, 0.2) is 0 Å². The molecule has 0 spiro atoms. The molecule has 0 radical (unpaired) electrons. The summed E-state index contributed by atoms with van der Waals surface area (Å²) in [7, 11) is 0. The standard InChI is InChI=1S/C25H20N6O2S/c1-16-23(34-25(29-16)18-6-4-3-5-7-18)24(32)30-19-8-10-20(11-9-19)33-22-14-21(27-15-28-22)31-13-12-26-17(31)2/h3-15H,1-2H3,(H,30,32). The van der Waals surface area contributed by atoms with E-state index >= 15 is 0 Å². The van der Waals surface area contributed by atoms with E-state index in [0.29, 0.717) is 33.7 Å². The molecule has 5 aromatic rings. The fourth-order valence-electron chi connectivity index (χ4n) is 3.36. The number of anilines is 1. The first kappa shape index (κ1) is 21.5. The van der Waals surface area contributed by atoms with Gasteiger partial charge in [-0.3, -0.25) is 9.36 Å². The number of nitrogens with one attached hydrogen (secondary N) is 1. The van der Waals surface area contributed by atoms with Crippen molar-refractivity contribution in [1.29, 1.82) is 0 Å². The van der Waals surface area contributed by atoms with Crippen molar-refractivity contribution in [3.05, 3.63) is 95.8 Å². The second-order valence-electron chi connectivity index (χ2n) is 7.44. The van der Waals surface area contributed by atoms with Gasteiger partial charge in [-0.25, -0.2) is 19.9 Å². The minimum absolute atomic E-state index is 0.193. The zero-order chi connectivity index (χ0) is 23.5. The van der Waals surface area contributed by atoms with E-state index < -0.39 is 0 Å². The highest BCUT2D eigenvalue weighted by Gasteiger charge is 2.16. The third-order valence-corrected chi connectivity index (χ3v) is 6.26. The van der Waals surface area contributed by atoms with Crippen LogP contribution < -0.4 is 10.1 Å². The summed E-state index contributed by atoms with van der Waals surface area (Å²) in [4.78, 5) is 30.6. The number of benzene rings is 2. The van der Waals surface area contributed by atoms with Gasteiger partial charge < -0.3 is 10.1 Å². The largest absolute Gasteiger partial charge is 0.439 e. The van der Waals surface area contributed by atoms with E-state index in [1.165, 1.54) is 17.7 Å². The maximum atomic E-state index is 12.8. The highest BCUT2D eigenvalue weighted by molar-refractivity contribution is 7.17. The molecule has 0 unspecified atom stereocenters. The number of ether oxygens (including phenoxy) is 1. The van der Waals surface area contributed by atoms with Crippen LogP contribution in [0.1, 0.15) is 21.2 Å². The van der Waals surface area contributed by atoms with Crippen molar-refractivity contribution in [3.8, 4) is 28.0 Å². The van der Waals surface area contributed by atoms with Crippen molar-refractivity contribution in [2.75, 3.05) is 5.32 Å². The molecule has 0 saturated carbocycles. The van der Waals surface area contributed by atoms with Gasteiger partial charge in [0.05, 0.1) is 5.69 Å². The van der Waals surface area contributed by atoms with Gasteiger partial charge in [-0.05, 0) is 38.1 Å². The van der Waals surface area contributed by atoms with E-state index in [-0.39, 0.29) is 5.91 Å². The SMILES string of the molecule is Cc1nc(-c2ccccc2)sc1C(=O)Nc1ccc(Oc2cc(-n3ccnc3C)ncn2)cc1. The number of carbonyl (C=O) groups is 1. The highest BCUT2D eigenvalue weighted by Crippen LogP contribution is 2.29. The molecule has 0 saturated heterocycles. The lowest BCUT2D eigenvalue weighted by molar-refractivity contribution is 0.103. The van der Waals surface area contributed by atoms with Crippen molar-refractivity contribution < 1.29 is 9.53 Å². The molecule has 0 aliphatic rings. The minimum Gasteiger partial charge on any atom is -0.439 e. The first-order chi connectivity index (χ1) is 16.6. The Balaban J connectivity index is 1.27. The van der Waals surface area contributed by atoms with Crippen molar-refractivity contribution in [1.82, 2.24) is 24.5 Å². The molecule has 0 atom stereocenters. The molecule has 0 bridgehead atoms. The highest BCUT2D eigenvalue weighted by atomic mass is 32.1. The van der Waals surface area contributed by atoms with Gasteiger partial charge in [-0.1, -0.05) is 30.3 Å². The average Bonchev–Trinajstić information content (AvgIpc) is 3.46. The zero-order valence-corrected chi connectivity index (χ0v) is 19.3. The summed E-state index contributed by atoms with van der Waals surface area (Å²) in [5, 5.41) is 3.75. The first-order valence-electron chi connectivity index (χ1n) is 10.5. The lowest BCUT2D eigenvalue weighted by Crippen LogP contribution is -2.11. The Hall–Kier alpha value is -4.37. The van der Waals surface area contributed by atoms with Gasteiger partial charge >= 0.3 is 0 Å². The van der Waals surface area contributed by atoms with Crippen molar-refractivity contribution in [2.24, 2.45) is 0 Å². The number of aromatic nitrogens is 5. The van der Waals surface area contributed by atoms with Gasteiger partial charge in [0.2, 0.25) is 5.88 Å². The number of imidazole rings is 1. The maximum Gasteiger partial charge on any atom is 0.267 e. The molecule has 3 aromatic heterocycles. The number of carbonyl (C=O) groups excluding carboxylic acids is 1. The second kappa shape index (κ2) is 9.24. The zero-order valence-electron chi connectivity index (χ0n) is 18.5. The van der Waals surface area contributed by atoms with E-state index in [1.54, 1.807) is 36.5 Å². The molecule has 3 heterocycles. The van der Waals surface area contributed by atoms with Gasteiger partial charge in [0.1, 0.15) is 33.6 Å². The van der Waals surface area contributed by atoms with E-state index in [9.17, 15) is 4.79 Å². The van der Waals surface area contributed by atoms with Crippen LogP contribution in [0.15, 0.2) is 79.4 Å². The Morgan fingerprint density at radius 3 is 2.53 bits per heavy atom. The molecule has 0 aliphatic carbocycles. The number of hydrogen-bond acceptors (Lipinski definition) is 7. The van der Waals surface area contributed by atoms with Gasteiger partial charge in [-0.2, -0.15) is 0 Å². The molecule has 34 heavy (non-hydrogen) atoms. The topological polar surface area (TPSA) is 94.8 Å². The molecule has 168 valence electrons. The van der Waals surface area contributed by atoms with Crippen molar-refractivity contribution in [2.45, 2.75) is 13.8 Å². The molecule has 0 fully saturated rings. The van der Waals surface area contributed by atoms with E-state index in [4.69, 9.17) is 4.74 Å². The summed E-state index contributed by atoms with van der Waals surface area (Å²) in [6.45, 7) is 3.74. The Morgan fingerprint density at radius 2 is 1.79 bits per heavy atom. The summed E-state index contributed by atoms with van der Waals surface area (Å²) < 4.78 is 7.71. The second-order valence-corrected chi connectivity index (χ2v) is 8.44. The minimum atomic E-state index is -0.193. The predicted molar refractivity (Wildman–Crippen MR) is 131 cm³/mol. The van der Waals surface area contributed by atoms with Crippen LogP contribution in [0.4, 0.5) is 5.69 Å². The summed E-state index contributed by atoms with van der Waals surface area (Å²) in [6, 6.07) is 18.7. The summed E-state index contributed by atoms with van der Waals surface area (Å²) in [5.41, 5.74) is 2.35. The fraction of sp³-hybridized carbons (Fsp3) is 0.0800. The quantitative estimate of drug-likeness (QED) is 0.356. The number of hydrogen-bond donors (Lipinski definition) is 1. The number of thiazole rings is 1. The van der Waals surface area contributed by atoms with Crippen LogP contribution in [0.5, 0.6) is 11.6 Å². The van der Waals surface area contributed by atoms with Gasteiger partial charge in [0, 0.05) is 29.7 Å². The van der Waals surface area contributed by atoms with Crippen LogP contribution in [-0.4, -0.2) is 30.4 Å². The maximum absolute atomic E-state index is 12.8. The molecule has 9 heteroatoms. The van der Waals surface area contributed by atoms with E-state index in [2.05, 4.69) is 25.3 Å². The molecule has 8 nitrogen and oxygen atoms in total. The Labute approximate surface area is 200 Å². The van der Waals surface area contributed by atoms with Gasteiger partial charge in [0.25, 0.3) is 5.91 Å². The molecular formula is C25H20N6O2S. The molecule has 1 amide bonds. The number of nitrogens with zero attached hydrogens (tertiary/aromatic N) is 5. The fourth-order valence-corrected chi connectivity index (χ4v) is 4.33. The van der Waals surface area contributed by atoms with E-state index in [1.807, 2.05) is 54.9 Å². The first-order valence-corrected chi connectivity index (χ1v) is 11.3. The molecule has 2 aromatic carbocycles. The number of rotatable bonds is 6. The Bertz CT molecular complexity index is 1440. The average molecular weight is 469 g/mol. The third-order valence-electron chi connectivity index (χ3n) is 5.06. The van der Waals surface area contributed by atoms with E-state index in [0.717, 1.165) is 16.4 Å². The van der Waals surface area contributed by atoms with Crippen LogP contribution >= 0.6 is 11.3 Å². The van der Waals surface area contributed by atoms with Gasteiger partial charge in [-0.15, -0.1) is 11.3 Å². The van der Waals surface area contributed by atoms with Crippen LogP contribution in [0, 0.1) is 13.8 Å². The number of amides is 1.